The topological polar surface area (TPSA) is 60.2 Å². The van der Waals surface area contributed by atoms with Gasteiger partial charge in [-0.3, -0.25) is 9.59 Å². The molecule has 4 nitrogen and oxygen atoms in total. The third-order valence-electron chi connectivity index (χ3n) is 3.08. The Bertz CT molecular complexity index is 657. The van der Waals surface area contributed by atoms with Gasteiger partial charge < -0.3 is 4.42 Å². The van der Waals surface area contributed by atoms with Gasteiger partial charge in [-0.2, -0.15) is 0 Å². The zero-order chi connectivity index (χ0) is 13.4. The fourth-order valence-electron chi connectivity index (χ4n) is 1.97. The number of hydrogen-bond donors (Lipinski definition) is 0. The maximum Gasteiger partial charge on any atom is 0.227 e. The van der Waals surface area contributed by atoms with Gasteiger partial charge in [0.05, 0.1) is 0 Å². The van der Waals surface area contributed by atoms with Crippen LogP contribution in [0.2, 0.25) is 0 Å². The van der Waals surface area contributed by atoms with Crippen LogP contribution >= 0.6 is 0 Å². The Labute approximate surface area is 109 Å². The van der Waals surface area contributed by atoms with Gasteiger partial charge in [0.2, 0.25) is 23.2 Å². The fourth-order valence-corrected chi connectivity index (χ4v) is 1.97. The molecule has 1 aliphatic carbocycles. The second-order valence-corrected chi connectivity index (χ2v) is 4.31. The van der Waals surface area contributed by atoms with E-state index in [-0.39, 0.29) is 23.0 Å². The molecule has 1 aliphatic rings. The van der Waals surface area contributed by atoms with Crippen molar-refractivity contribution in [2.24, 2.45) is 0 Å². The minimum absolute atomic E-state index is 0.0297. The number of aromatic nitrogens is 1. The van der Waals surface area contributed by atoms with Crippen molar-refractivity contribution < 1.29 is 14.0 Å². The number of rotatable bonds is 2. The number of nitrogens with zero attached hydrogens (tertiary/aromatic N) is 1. The molecule has 94 valence electrons. The van der Waals surface area contributed by atoms with E-state index in [2.05, 4.69) is 11.9 Å². The van der Waals surface area contributed by atoms with Crippen LogP contribution in [0.4, 0.5) is 0 Å². The predicted molar refractivity (Wildman–Crippen MR) is 69.1 cm³/mol. The summed E-state index contributed by atoms with van der Waals surface area (Å²) in [5, 5.41) is 0. The van der Waals surface area contributed by atoms with E-state index in [0.717, 1.165) is 12.0 Å². The SMILES string of the molecule is CCc1ccc(-c2nc3c(o2)C(=O)C=CC3=O)cc1. The predicted octanol–water partition coefficient (Wildman–Crippen LogP) is 2.84. The molecule has 0 N–H and O–H groups in total. The van der Waals surface area contributed by atoms with E-state index in [9.17, 15) is 9.59 Å². The normalized spacial score (nSPS) is 13.7. The largest absolute Gasteiger partial charge is 0.432 e. The monoisotopic (exact) mass is 253 g/mol. The molecule has 0 bridgehead atoms. The van der Waals surface area contributed by atoms with Crippen LogP contribution in [0.5, 0.6) is 0 Å². The van der Waals surface area contributed by atoms with Gasteiger partial charge in [-0.15, -0.1) is 0 Å². The van der Waals surface area contributed by atoms with E-state index < -0.39 is 0 Å². The molecule has 0 fully saturated rings. The Morgan fingerprint density at radius 1 is 1.05 bits per heavy atom. The standard InChI is InChI=1S/C15H11NO3/c1-2-9-3-5-10(6-4-9)15-16-13-11(17)7-8-12(18)14(13)19-15/h3-8H,2H2,1H3. The second kappa shape index (κ2) is 4.31. The smallest absolute Gasteiger partial charge is 0.227 e. The second-order valence-electron chi connectivity index (χ2n) is 4.31. The number of aryl methyl sites for hydroxylation is 1. The summed E-state index contributed by atoms with van der Waals surface area (Å²) < 4.78 is 5.42. The molecule has 0 spiro atoms. The molecule has 0 unspecified atom stereocenters. The summed E-state index contributed by atoms with van der Waals surface area (Å²) in [6.45, 7) is 2.07. The number of ketones is 2. The van der Waals surface area contributed by atoms with E-state index in [0.29, 0.717) is 5.89 Å². The Balaban J connectivity index is 2.05. The van der Waals surface area contributed by atoms with Crippen molar-refractivity contribution in [3.8, 4) is 11.5 Å². The molecule has 4 heteroatoms. The molecule has 19 heavy (non-hydrogen) atoms. The van der Waals surface area contributed by atoms with Crippen LogP contribution in [0, 0.1) is 0 Å². The molecule has 2 aromatic rings. The highest BCUT2D eigenvalue weighted by Crippen LogP contribution is 2.25. The third-order valence-corrected chi connectivity index (χ3v) is 3.08. The number of hydrogen-bond acceptors (Lipinski definition) is 4. The highest BCUT2D eigenvalue weighted by Gasteiger charge is 2.26. The molecule has 0 saturated carbocycles. The maximum atomic E-state index is 11.6. The summed E-state index contributed by atoms with van der Waals surface area (Å²) in [5.41, 5.74) is 2.06. The lowest BCUT2D eigenvalue weighted by molar-refractivity contribution is 0.0974. The average molecular weight is 253 g/mol. The molecule has 0 amide bonds. The minimum atomic E-state index is -0.321. The molecule has 1 heterocycles. The summed E-state index contributed by atoms with van der Waals surface area (Å²) in [5.74, 6) is -0.284. The lowest BCUT2D eigenvalue weighted by Crippen LogP contribution is -2.09. The Kier molecular flexibility index (Phi) is 2.63. The molecule has 1 aromatic carbocycles. The molecule has 3 rings (SSSR count). The first-order valence-electron chi connectivity index (χ1n) is 6.06. The Morgan fingerprint density at radius 2 is 1.74 bits per heavy atom. The van der Waals surface area contributed by atoms with E-state index >= 15 is 0 Å². The van der Waals surface area contributed by atoms with Crippen LogP contribution in [-0.2, 0) is 6.42 Å². The summed E-state index contributed by atoms with van der Waals surface area (Å²) in [6.07, 6.45) is 3.38. The van der Waals surface area contributed by atoms with Crippen LogP contribution in [0.1, 0.15) is 33.5 Å². The zero-order valence-corrected chi connectivity index (χ0v) is 10.3. The molecule has 0 aliphatic heterocycles. The first-order chi connectivity index (χ1) is 9.19. The number of oxazole rings is 1. The first kappa shape index (κ1) is 11.6. The summed E-state index contributed by atoms with van der Waals surface area (Å²) >= 11 is 0. The van der Waals surface area contributed by atoms with E-state index in [1.165, 1.54) is 17.7 Å². The summed E-state index contributed by atoms with van der Waals surface area (Å²) in [4.78, 5) is 27.3. The van der Waals surface area contributed by atoms with Crippen LogP contribution in [-0.4, -0.2) is 16.6 Å². The van der Waals surface area contributed by atoms with Crippen molar-refractivity contribution in [2.75, 3.05) is 0 Å². The molecule has 0 saturated heterocycles. The average Bonchev–Trinajstić information content (AvgIpc) is 2.89. The van der Waals surface area contributed by atoms with Gasteiger partial charge in [0, 0.05) is 5.56 Å². The van der Waals surface area contributed by atoms with E-state index in [1.807, 2.05) is 24.3 Å². The minimum Gasteiger partial charge on any atom is -0.432 e. The van der Waals surface area contributed by atoms with Gasteiger partial charge in [-0.05, 0) is 36.3 Å². The summed E-state index contributed by atoms with van der Waals surface area (Å²) in [6, 6.07) is 7.69. The van der Waals surface area contributed by atoms with Crippen LogP contribution in [0.25, 0.3) is 11.5 Å². The molecular formula is C15H11NO3. The number of carbonyl (C=O) groups excluding carboxylic acids is 2. The van der Waals surface area contributed by atoms with Gasteiger partial charge in [0.15, 0.2) is 5.69 Å². The van der Waals surface area contributed by atoms with Crippen molar-refractivity contribution in [3.63, 3.8) is 0 Å². The van der Waals surface area contributed by atoms with Crippen LogP contribution in [0.15, 0.2) is 40.8 Å². The fraction of sp³-hybridized carbons (Fsp3) is 0.133. The van der Waals surface area contributed by atoms with Crippen LogP contribution < -0.4 is 0 Å². The highest BCUT2D eigenvalue weighted by molar-refractivity contribution is 6.20. The Hall–Kier alpha value is -2.49. The molecule has 1 aromatic heterocycles. The quantitative estimate of drug-likeness (QED) is 0.825. The van der Waals surface area contributed by atoms with Crippen molar-refractivity contribution in [2.45, 2.75) is 13.3 Å². The third kappa shape index (κ3) is 1.91. The van der Waals surface area contributed by atoms with Crippen molar-refractivity contribution in [1.82, 2.24) is 4.98 Å². The lowest BCUT2D eigenvalue weighted by Gasteiger charge is -1.98. The zero-order valence-electron chi connectivity index (χ0n) is 10.3. The Morgan fingerprint density at radius 3 is 2.37 bits per heavy atom. The first-order valence-corrected chi connectivity index (χ1v) is 6.06. The highest BCUT2D eigenvalue weighted by atomic mass is 16.4. The van der Waals surface area contributed by atoms with Gasteiger partial charge >= 0.3 is 0 Å². The molecule has 0 radical (unpaired) electrons. The van der Waals surface area contributed by atoms with Crippen molar-refractivity contribution in [1.29, 1.82) is 0 Å². The van der Waals surface area contributed by atoms with Gasteiger partial charge in [-0.1, -0.05) is 19.1 Å². The van der Waals surface area contributed by atoms with Crippen LogP contribution in [0.3, 0.4) is 0 Å². The molecular weight excluding hydrogens is 242 g/mol. The van der Waals surface area contributed by atoms with Crippen molar-refractivity contribution >= 4 is 11.6 Å². The van der Waals surface area contributed by atoms with Gasteiger partial charge in [0.25, 0.3) is 0 Å². The lowest BCUT2D eigenvalue weighted by atomic mass is 10.1. The number of carbonyl (C=O) groups is 2. The van der Waals surface area contributed by atoms with E-state index in [4.69, 9.17) is 4.42 Å². The number of allylic oxidation sites excluding steroid dienone is 2. The number of benzene rings is 1. The molecule has 0 atom stereocenters. The van der Waals surface area contributed by atoms with Crippen molar-refractivity contribution in [3.05, 3.63) is 53.4 Å². The summed E-state index contributed by atoms with van der Waals surface area (Å²) in [7, 11) is 0. The number of fused-ring (bicyclic) bond motifs is 1. The van der Waals surface area contributed by atoms with Gasteiger partial charge in [0.1, 0.15) is 0 Å². The maximum absolute atomic E-state index is 11.6. The van der Waals surface area contributed by atoms with E-state index in [1.54, 1.807) is 0 Å². The van der Waals surface area contributed by atoms with Gasteiger partial charge in [-0.25, -0.2) is 4.98 Å².